The fourth-order valence-electron chi connectivity index (χ4n) is 6.26. The van der Waals surface area contributed by atoms with Gasteiger partial charge < -0.3 is 58.5 Å². The third-order valence-corrected chi connectivity index (χ3v) is 10.9. The van der Waals surface area contributed by atoms with Crippen molar-refractivity contribution in [2.45, 2.75) is 136 Å². The summed E-state index contributed by atoms with van der Waals surface area (Å²) in [6, 6.07) is -1.08. The van der Waals surface area contributed by atoms with Crippen molar-refractivity contribution in [1.29, 1.82) is 0 Å². The Labute approximate surface area is 391 Å². The fourth-order valence-corrected chi connectivity index (χ4v) is 6.99. The van der Waals surface area contributed by atoms with Gasteiger partial charge in [-0.05, 0) is 68.4 Å². The molecule has 0 radical (unpaired) electrons. The summed E-state index contributed by atoms with van der Waals surface area (Å²) in [6.45, 7) is 12.7. The first-order chi connectivity index (χ1) is 30.4. The van der Waals surface area contributed by atoms with Gasteiger partial charge in [-0.3, -0.25) is 38.4 Å². The molecule has 1 aromatic carbocycles. The second-order valence-corrected chi connectivity index (χ2v) is 18.4. The lowest BCUT2D eigenvalue weighted by atomic mass is 10.0. The number of nitrogens with one attached hydrogen (secondary N) is 8. The molecule has 0 aromatic heterocycles. The Balaban J connectivity index is 3.04. The van der Waals surface area contributed by atoms with Crippen LogP contribution in [0.2, 0.25) is 0 Å². The fraction of sp³-hybridized carbons (Fsp3) is 0.651. The maximum Gasteiger partial charge on any atom is 0.326 e. The number of thioether (sulfide) groups is 1. The molecule has 9 unspecified atom stereocenters. The average molecular weight is 954 g/mol. The number of hydrogen-bond donors (Lipinski definition) is 12. The minimum atomic E-state index is -1.63. The molecule has 8 amide bonds. The third-order valence-electron chi connectivity index (χ3n) is 9.86. The van der Waals surface area contributed by atoms with Gasteiger partial charge in [0, 0.05) is 12.2 Å². The molecule has 12 N–H and O–H groups in total. The Kier molecular flexibility index (Phi) is 26.4. The molecular weight excluding hydrogens is 883 g/mol. The Bertz CT molecular complexity index is 1750. The summed E-state index contributed by atoms with van der Waals surface area (Å²) in [6.07, 6.45) is 1.05. The van der Waals surface area contributed by atoms with Crippen molar-refractivity contribution >= 4 is 77.6 Å². The van der Waals surface area contributed by atoms with Crippen molar-refractivity contribution in [2.75, 3.05) is 24.3 Å². The molecule has 0 heterocycles. The van der Waals surface area contributed by atoms with E-state index in [-0.39, 0.29) is 36.9 Å². The van der Waals surface area contributed by atoms with Crippen LogP contribution in [0.5, 0.6) is 0 Å². The SMILES string of the molecule is CSCCC(NC(=O)C(CS)NC(=O)C(NC(=O)C(C)NC(=O)CNC(=O)C(CC(C)C)NC(=O)C(N)CC(C)C)C(C)O)C(=O)NC(Cc1ccccc1)C(=O)NC(C(=O)O)C(C)C. The molecule has 366 valence electrons. The number of aliphatic hydroxyl groups is 1. The van der Waals surface area contributed by atoms with Gasteiger partial charge >= 0.3 is 5.97 Å². The summed E-state index contributed by atoms with van der Waals surface area (Å²) in [4.78, 5) is 118. The Morgan fingerprint density at radius 2 is 1.15 bits per heavy atom. The van der Waals surface area contributed by atoms with Crippen molar-refractivity contribution < 1.29 is 53.4 Å². The van der Waals surface area contributed by atoms with Crippen molar-refractivity contribution in [3.8, 4) is 0 Å². The van der Waals surface area contributed by atoms with Gasteiger partial charge in [-0.2, -0.15) is 24.4 Å². The van der Waals surface area contributed by atoms with Crippen molar-refractivity contribution in [2.24, 2.45) is 23.5 Å². The first-order valence-electron chi connectivity index (χ1n) is 21.6. The van der Waals surface area contributed by atoms with E-state index in [2.05, 4.69) is 55.2 Å². The number of carboxylic acids is 1. The molecule has 0 aliphatic carbocycles. The van der Waals surface area contributed by atoms with E-state index in [0.29, 0.717) is 17.7 Å². The summed E-state index contributed by atoms with van der Waals surface area (Å²) >= 11 is 5.58. The third kappa shape index (κ3) is 21.7. The van der Waals surface area contributed by atoms with Crippen molar-refractivity contribution in [3.63, 3.8) is 0 Å². The van der Waals surface area contributed by atoms with E-state index in [1.54, 1.807) is 50.4 Å². The summed E-state index contributed by atoms with van der Waals surface area (Å²) in [5.74, 6) is -7.62. The number of aliphatic carboxylic acids is 1. The zero-order valence-electron chi connectivity index (χ0n) is 38.8. The molecule has 22 heteroatoms. The maximum absolute atomic E-state index is 13.8. The molecule has 65 heavy (non-hydrogen) atoms. The number of rotatable bonds is 29. The van der Waals surface area contributed by atoms with E-state index in [4.69, 9.17) is 5.73 Å². The van der Waals surface area contributed by atoms with Crippen LogP contribution < -0.4 is 48.3 Å². The van der Waals surface area contributed by atoms with Gasteiger partial charge in [-0.15, -0.1) is 0 Å². The first kappa shape index (κ1) is 58.1. The van der Waals surface area contributed by atoms with Gasteiger partial charge in [0.05, 0.1) is 18.7 Å². The second-order valence-electron chi connectivity index (χ2n) is 17.1. The van der Waals surface area contributed by atoms with Crippen molar-refractivity contribution in [1.82, 2.24) is 42.5 Å². The standard InChI is InChI=1S/C43H71N9O11S2/c1-22(2)17-28(44)37(56)48-30(18-23(3)4)38(57)45-20-33(54)46-25(7)36(55)52-35(26(8)53)42(61)50-32(21-64)41(60)47-29(15-16-65-9)39(58)49-31(19-27-13-11-10-12-14-27)40(59)51-34(24(5)6)43(62)63/h10-14,22-26,28-32,34-35,53,64H,15-21,44H2,1-9H3,(H,45,57)(H,46,54)(H,47,60)(H,48,56)(H,49,58)(H,50,61)(H,51,59)(H,52,55)(H,62,63). The number of amides is 8. The maximum atomic E-state index is 13.8. The average Bonchev–Trinajstić information content (AvgIpc) is 3.22. The van der Waals surface area contributed by atoms with Crippen LogP contribution in [0.3, 0.4) is 0 Å². The minimum absolute atomic E-state index is 0.00114. The molecule has 0 fully saturated rings. The molecule has 0 aliphatic heterocycles. The molecule has 0 saturated carbocycles. The summed E-state index contributed by atoms with van der Waals surface area (Å²) in [5, 5.41) is 40.2. The lowest BCUT2D eigenvalue weighted by molar-refractivity contribution is -0.143. The van der Waals surface area contributed by atoms with E-state index >= 15 is 0 Å². The van der Waals surface area contributed by atoms with Crippen LogP contribution in [0.25, 0.3) is 0 Å². The number of hydrogen-bond acceptors (Lipinski definition) is 13. The Morgan fingerprint density at radius 3 is 1.68 bits per heavy atom. The highest BCUT2D eigenvalue weighted by atomic mass is 32.2. The Morgan fingerprint density at radius 1 is 0.631 bits per heavy atom. The first-order valence-corrected chi connectivity index (χ1v) is 23.6. The number of thiol groups is 1. The van der Waals surface area contributed by atoms with Crippen LogP contribution in [0.15, 0.2) is 30.3 Å². The smallest absolute Gasteiger partial charge is 0.326 e. The molecule has 9 atom stereocenters. The zero-order chi connectivity index (χ0) is 49.6. The number of carboxylic acid groups (broad SMARTS) is 1. The Hall–Kier alpha value is -4.93. The topological polar surface area (TPSA) is 316 Å². The molecule has 0 spiro atoms. The molecular formula is C43H71N9O11S2. The predicted octanol–water partition coefficient (Wildman–Crippen LogP) is -1.02. The molecule has 1 aromatic rings. The van der Waals surface area contributed by atoms with Crippen LogP contribution in [0.1, 0.15) is 80.2 Å². The van der Waals surface area contributed by atoms with E-state index in [1.165, 1.54) is 25.6 Å². The molecule has 20 nitrogen and oxygen atoms in total. The van der Waals surface area contributed by atoms with Gasteiger partial charge in [0.1, 0.15) is 42.3 Å². The van der Waals surface area contributed by atoms with Gasteiger partial charge in [0.25, 0.3) is 0 Å². The van der Waals surface area contributed by atoms with Crippen LogP contribution in [0.4, 0.5) is 0 Å². The number of aliphatic hydroxyl groups excluding tert-OH is 1. The number of carbonyl (C=O) groups is 9. The van der Waals surface area contributed by atoms with E-state index in [0.717, 1.165) is 0 Å². The van der Waals surface area contributed by atoms with Gasteiger partial charge in [-0.1, -0.05) is 71.9 Å². The van der Waals surface area contributed by atoms with Crippen molar-refractivity contribution in [3.05, 3.63) is 35.9 Å². The number of nitrogens with two attached hydrogens (primary N) is 1. The summed E-state index contributed by atoms with van der Waals surface area (Å²) in [7, 11) is 0. The van der Waals surface area contributed by atoms with E-state index in [9.17, 15) is 53.4 Å². The highest BCUT2D eigenvalue weighted by molar-refractivity contribution is 7.98. The lowest BCUT2D eigenvalue weighted by Gasteiger charge is -2.27. The molecule has 0 aliphatic rings. The number of carbonyl (C=O) groups excluding carboxylic acids is 8. The monoisotopic (exact) mass is 953 g/mol. The molecule has 1 rings (SSSR count). The van der Waals surface area contributed by atoms with Gasteiger partial charge in [0.15, 0.2) is 0 Å². The van der Waals surface area contributed by atoms with Crippen LogP contribution in [-0.2, 0) is 49.6 Å². The van der Waals surface area contributed by atoms with E-state index in [1.807, 2.05) is 27.7 Å². The van der Waals surface area contributed by atoms with Crippen LogP contribution >= 0.6 is 24.4 Å². The zero-order valence-corrected chi connectivity index (χ0v) is 40.5. The lowest BCUT2D eigenvalue weighted by Crippen LogP contribution is -2.61. The van der Waals surface area contributed by atoms with Gasteiger partial charge in [-0.25, -0.2) is 4.79 Å². The largest absolute Gasteiger partial charge is 0.480 e. The van der Waals surface area contributed by atoms with Crippen LogP contribution in [-0.4, -0.2) is 142 Å². The second kappa shape index (κ2) is 29.6. The number of benzene rings is 1. The minimum Gasteiger partial charge on any atom is -0.480 e. The summed E-state index contributed by atoms with van der Waals surface area (Å²) < 4.78 is 0. The highest BCUT2D eigenvalue weighted by Crippen LogP contribution is 2.11. The highest BCUT2D eigenvalue weighted by Gasteiger charge is 2.35. The normalized spacial score (nSPS) is 15.4. The molecule has 0 bridgehead atoms. The van der Waals surface area contributed by atoms with Gasteiger partial charge in [0.2, 0.25) is 47.3 Å². The predicted molar refractivity (Wildman–Crippen MR) is 250 cm³/mol. The summed E-state index contributed by atoms with van der Waals surface area (Å²) in [5.41, 5.74) is 6.65. The van der Waals surface area contributed by atoms with E-state index < -0.39 is 120 Å². The van der Waals surface area contributed by atoms with Crippen LogP contribution in [0, 0.1) is 17.8 Å². The molecule has 0 saturated heterocycles. The quantitative estimate of drug-likeness (QED) is 0.0429.